The average molecular weight is 213 g/mol. The Morgan fingerprint density at radius 1 is 1.20 bits per heavy atom. The van der Waals surface area contributed by atoms with E-state index >= 15 is 0 Å². The molecule has 0 radical (unpaired) electrons. The second-order valence-electron chi connectivity index (χ2n) is 3.10. The fourth-order valence-corrected chi connectivity index (χ4v) is 1.04. The van der Waals surface area contributed by atoms with Crippen molar-refractivity contribution in [3.63, 3.8) is 0 Å². The standard InChI is InChI=1S/C9H15N3O3/c1-2-5-15-6-3-4-10-9-11-7(13)8(14)12-9/h2-6H2,1H3,(H2,10,11,12,13,14). The minimum absolute atomic E-state index is 0.237. The Morgan fingerprint density at radius 2 is 1.87 bits per heavy atom. The highest BCUT2D eigenvalue weighted by Crippen LogP contribution is 1.88. The molecule has 0 aromatic heterocycles. The van der Waals surface area contributed by atoms with E-state index in [4.69, 9.17) is 4.74 Å². The number of nitrogens with one attached hydrogen (secondary N) is 2. The van der Waals surface area contributed by atoms with Gasteiger partial charge in [-0.3, -0.25) is 25.2 Å². The van der Waals surface area contributed by atoms with Crippen LogP contribution in [0.3, 0.4) is 0 Å². The number of guanidine groups is 1. The summed E-state index contributed by atoms with van der Waals surface area (Å²) in [7, 11) is 0. The van der Waals surface area contributed by atoms with Gasteiger partial charge in [0.25, 0.3) is 0 Å². The van der Waals surface area contributed by atoms with Crippen LogP contribution < -0.4 is 10.6 Å². The van der Waals surface area contributed by atoms with E-state index in [0.29, 0.717) is 13.2 Å². The summed E-state index contributed by atoms with van der Waals surface area (Å²) in [6, 6.07) is 0. The summed E-state index contributed by atoms with van der Waals surface area (Å²) in [5.74, 6) is -1.08. The zero-order valence-electron chi connectivity index (χ0n) is 8.71. The molecule has 0 spiro atoms. The number of hydrogen-bond donors (Lipinski definition) is 2. The number of ether oxygens (including phenoxy) is 1. The number of nitrogens with zero attached hydrogens (tertiary/aromatic N) is 1. The van der Waals surface area contributed by atoms with Crippen LogP contribution in [0.2, 0.25) is 0 Å². The number of carbonyl (C=O) groups excluding carboxylic acids is 2. The van der Waals surface area contributed by atoms with Crippen molar-refractivity contribution < 1.29 is 14.3 Å². The molecule has 0 aromatic rings. The summed E-state index contributed by atoms with van der Waals surface area (Å²) in [4.78, 5) is 25.5. The molecule has 2 amide bonds. The average Bonchev–Trinajstić information content (AvgIpc) is 2.52. The molecule has 6 nitrogen and oxygen atoms in total. The Labute approximate surface area is 88.1 Å². The maximum atomic E-state index is 10.7. The van der Waals surface area contributed by atoms with Gasteiger partial charge in [0.1, 0.15) is 0 Å². The van der Waals surface area contributed by atoms with Crippen molar-refractivity contribution in [3.8, 4) is 0 Å². The molecule has 0 unspecified atom stereocenters. The highest BCUT2D eigenvalue weighted by Gasteiger charge is 2.24. The maximum Gasteiger partial charge on any atom is 0.316 e. The summed E-state index contributed by atoms with van der Waals surface area (Å²) in [6.07, 6.45) is 1.77. The molecule has 6 heteroatoms. The molecule has 1 fully saturated rings. The van der Waals surface area contributed by atoms with Crippen molar-refractivity contribution in [3.05, 3.63) is 0 Å². The van der Waals surface area contributed by atoms with Crippen LogP contribution in [0.5, 0.6) is 0 Å². The maximum absolute atomic E-state index is 10.7. The first kappa shape index (κ1) is 11.6. The molecular formula is C9H15N3O3. The van der Waals surface area contributed by atoms with E-state index in [1.54, 1.807) is 0 Å². The molecule has 1 aliphatic heterocycles. The lowest BCUT2D eigenvalue weighted by atomic mass is 10.4. The van der Waals surface area contributed by atoms with Gasteiger partial charge in [-0.05, 0) is 12.8 Å². The SMILES string of the molecule is CCCOCCCN=C1NC(=O)C(=O)N1. The predicted molar refractivity (Wildman–Crippen MR) is 54.3 cm³/mol. The van der Waals surface area contributed by atoms with Crippen molar-refractivity contribution in [1.82, 2.24) is 10.6 Å². The first-order valence-corrected chi connectivity index (χ1v) is 4.98. The van der Waals surface area contributed by atoms with Crippen molar-refractivity contribution in [2.24, 2.45) is 4.99 Å². The van der Waals surface area contributed by atoms with Gasteiger partial charge in [-0.15, -0.1) is 0 Å². The lowest BCUT2D eigenvalue weighted by molar-refractivity contribution is -0.135. The summed E-state index contributed by atoms with van der Waals surface area (Å²) in [5.41, 5.74) is 0. The Hall–Kier alpha value is -1.43. The lowest BCUT2D eigenvalue weighted by Crippen LogP contribution is -2.26. The number of aliphatic imine (C=N–C) groups is 1. The third-order valence-electron chi connectivity index (χ3n) is 1.74. The smallest absolute Gasteiger partial charge is 0.316 e. The second kappa shape index (κ2) is 6.13. The number of hydrogen-bond acceptors (Lipinski definition) is 4. The minimum atomic E-state index is -0.656. The Morgan fingerprint density at radius 3 is 2.47 bits per heavy atom. The minimum Gasteiger partial charge on any atom is -0.381 e. The van der Waals surface area contributed by atoms with Gasteiger partial charge >= 0.3 is 11.8 Å². The molecule has 1 rings (SSSR count). The molecule has 0 aliphatic carbocycles. The molecular weight excluding hydrogens is 198 g/mol. The monoisotopic (exact) mass is 213 g/mol. The third kappa shape index (κ3) is 4.07. The molecule has 0 aromatic carbocycles. The van der Waals surface area contributed by atoms with Gasteiger partial charge in [0.05, 0.1) is 0 Å². The Bertz CT molecular complexity index is 258. The van der Waals surface area contributed by atoms with Crippen LogP contribution in [-0.4, -0.2) is 37.5 Å². The molecule has 84 valence electrons. The number of carbonyl (C=O) groups is 2. The van der Waals surface area contributed by atoms with Crippen LogP contribution in [0.4, 0.5) is 0 Å². The summed E-state index contributed by atoms with van der Waals surface area (Å²) in [5, 5.41) is 4.63. The summed E-state index contributed by atoms with van der Waals surface area (Å²) in [6.45, 7) is 3.97. The molecule has 0 atom stereocenters. The number of amides is 2. The highest BCUT2D eigenvalue weighted by atomic mass is 16.5. The summed E-state index contributed by atoms with van der Waals surface area (Å²) >= 11 is 0. The largest absolute Gasteiger partial charge is 0.381 e. The topological polar surface area (TPSA) is 79.8 Å². The quantitative estimate of drug-likeness (QED) is 0.457. The predicted octanol–water partition coefficient (Wildman–Crippen LogP) is -0.595. The van der Waals surface area contributed by atoms with Crippen LogP contribution in [0.1, 0.15) is 19.8 Å². The van der Waals surface area contributed by atoms with Gasteiger partial charge in [-0.25, -0.2) is 0 Å². The number of rotatable bonds is 6. The second-order valence-corrected chi connectivity index (χ2v) is 3.10. The van der Waals surface area contributed by atoms with Crippen molar-refractivity contribution in [2.45, 2.75) is 19.8 Å². The van der Waals surface area contributed by atoms with Gasteiger partial charge in [-0.1, -0.05) is 6.92 Å². The van der Waals surface area contributed by atoms with Crippen LogP contribution in [0.25, 0.3) is 0 Å². The molecule has 1 saturated heterocycles. The van der Waals surface area contributed by atoms with Crippen molar-refractivity contribution in [2.75, 3.05) is 19.8 Å². The van der Waals surface area contributed by atoms with E-state index < -0.39 is 11.8 Å². The van der Waals surface area contributed by atoms with E-state index in [0.717, 1.165) is 19.4 Å². The zero-order valence-corrected chi connectivity index (χ0v) is 8.71. The van der Waals surface area contributed by atoms with Gasteiger partial charge in [0, 0.05) is 19.8 Å². The van der Waals surface area contributed by atoms with E-state index in [1.165, 1.54) is 0 Å². The summed E-state index contributed by atoms with van der Waals surface area (Å²) < 4.78 is 5.25. The van der Waals surface area contributed by atoms with Gasteiger partial charge in [0.2, 0.25) is 5.96 Å². The zero-order chi connectivity index (χ0) is 11.1. The molecule has 15 heavy (non-hydrogen) atoms. The molecule has 1 aliphatic rings. The highest BCUT2D eigenvalue weighted by molar-refractivity contribution is 6.45. The van der Waals surface area contributed by atoms with Crippen molar-refractivity contribution in [1.29, 1.82) is 0 Å². The van der Waals surface area contributed by atoms with Crippen molar-refractivity contribution >= 4 is 17.8 Å². The fraction of sp³-hybridized carbons (Fsp3) is 0.667. The first-order chi connectivity index (χ1) is 7.24. The third-order valence-corrected chi connectivity index (χ3v) is 1.74. The van der Waals surface area contributed by atoms with Gasteiger partial charge in [-0.2, -0.15) is 0 Å². The van der Waals surface area contributed by atoms with Crippen LogP contribution in [-0.2, 0) is 14.3 Å². The van der Waals surface area contributed by atoms with Gasteiger partial charge < -0.3 is 4.74 Å². The normalized spacial score (nSPS) is 15.1. The van der Waals surface area contributed by atoms with Crippen LogP contribution in [0.15, 0.2) is 4.99 Å². The van der Waals surface area contributed by atoms with Crippen LogP contribution in [0, 0.1) is 0 Å². The van der Waals surface area contributed by atoms with E-state index in [1.807, 2.05) is 6.92 Å². The van der Waals surface area contributed by atoms with E-state index in [2.05, 4.69) is 15.6 Å². The lowest BCUT2D eigenvalue weighted by Gasteiger charge is -2.00. The Balaban J connectivity index is 2.11. The molecule has 0 bridgehead atoms. The molecule has 1 heterocycles. The molecule has 2 N–H and O–H groups in total. The van der Waals surface area contributed by atoms with Crippen LogP contribution >= 0.6 is 0 Å². The first-order valence-electron chi connectivity index (χ1n) is 4.98. The fourth-order valence-electron chi connectivity index (χ4n) is 1.04. The molecule has 0 saturated carbocycles. The van der Waals surface area contributed by atoms with Gasteiger partial charge in [0.15, 0.2) is 0 Å². The van der Waals surface area contributed by atoms with E-state index in [-0.39, 0.29) is 5.96 Å². The Kier molecular flexibility index (Phi) is 4.76. The van der Waals surface area contributed by atoms with E-state index in [9.17, 15) is 9.59 Å².